The Morgan fingerprint density at radius 2 is 2.40 bits per heavy atom. The third-order valence-electron chi connectivity index (χ3n) is 3.84. The molecule has 0 amide bonds. The molecule has 6 heteroatoms. The molecule has 0 aromatic carbocycles. The van der Waals surface area contributed by atoms with E-state index in [1.807, 2.05) is 31.8 Å². The number of aryl methyl sites for hydroxylation is 2. The molecule has 0 saturated carbocycles. The van der Waals surface area contributed by atoms with Gasteiger partial charge in [0.15, 0.2) is 0 Å². The molecular formula is C14H24N4O2. The molecule has 1 aliphatic rings. The van der Waals surface area contributed by atoms with Crippen LogP contribution in [0, 0.1) is 6.92 Å². The molecule has 0 bridgehead atoms. The molecule has 20 heavy (non-hydrogen) atoms. The quantitative estimate of drug-likeness (QED) is 0.820. The van der Waals surface area contributed by atoms with Crippen LogP contribution in [-0.4, -0.2) is 52.9 Å². The SMILES string of the molecule is CCOC(=O)C1CNCCN1C(C)c1cn(C)nc1C. The van der Waals surface area contributed by atoms with Gasteiger partial charge in [-0.2, -0.15) is 5.10 Å². The number of aromatic nitrogens is 2. The predicted octanol–water partition coefficient (Wildman–Crippen LogP) is 0.626. The first-order valence-electron chi connectivity index (χ1n) is 7.17. The first kappa shape index (κ1) is 15.0. The van der Waals surface area contributed by atoms with Crippen LogP contribution in [0.2, 0.25) is 0 Å². The zero-order chi connectivity index (χ0) is 14.7. The van der Waals surface area contributed by atoms with Crippen LogP contribution in [0.3, 0.4) is 0 Å². The van der Waals surface area contributed by atoms with Crippen molar-refractivity contribution >= 4 is 5.97 Å². The molecular weight excluding hydrogens is 256 g/mol. The Hall–Kier alpha value is -1.40. The summed E-state index contributed by atoms with van der Waals surface area (Å²) >= 11 is 0. The van der Waals surface area contributed by atoms with Crippen molar-refractivity contribution in [3.63, 3.8) is 0 Å². The van der Waals surface area contributed by atoms with Crippen molar-refractivity contribution in [1.82, 2.24) is 20.0 Å². The number of nitrogens with zero attached hydrogens (tertiary/aromatic N) is 3. The van der Waals surface area contributed by atoms with Crippen LogP contribution in [0.1, 0.15) is 31.1 Å². The molecule has 112 valence electrons. The van der Waals surface area contributed by atoms with Crippen molar-refractivity contribution in [2.75, 3.05) is 26.2 Å². The van der Waals surface area contributed by atoms with E-state index in [0.29, 0.717) is 13.2 Å². The Balaban J connectivity index is 2.19. The number of carbonyl (C=O) groups is 1. The van der Waals surface area contributed by atoms with Crippen LogP contribution in [0.4, 0.5) is 0 Å². The van der Waals surface area contributed by atoms with Crippen molar-refractivity contribution in [2.24, 2.45) is 7.05 Å². The molecule has 1 aromatic heterocycles. The van der Waals surface area contributed by atoms with Gasteiger partial charge in [0.2, 0.25) is 0 Å². The summed E-state index contributed by atoms with van der Waals surface area (Å²) in [5.74, 6) is -0.145. The lowest BCUT2D eigenvalue weighted by Gasteiger charge is -2.38. The summed E-state index contributed by atoms with van der Waals surface area (Å²) in [4.78, 5) is 14.3. The monoisotopic (exact) mass is 280 g/mol. The van der Waals surface area contributed by atoms with Gasteiger partial charge < -0.3 is 10.1 Å². The van der Waals surface area contributed by atoms with E-state index in [9.17, 15) is 4.79 Å². The van der Waals surface area contributed by atoms with Gasteiger partial charge in [0.05, 0.1) is 12.3 Å². The van der Waals surface area contributed by atoms with Gasteiger partial charge in [-0.15, -0.1) is 0 Å². The van der Waals surface area contributed by atoms with Gasteiger partial charge in [0.25, 0.3) is 0 Å². The van der Waals surface area contributed by atoms with E-state index in [1.54, 1.807) is 0 Å². The highest BCUT2D eigenvalue weighted by molar-refractivity contribution is 5.76. The molecule has 6 nitrogen and oxygen atoms in total. The first-order chi connectivity index (χ1) is 9.54. The number of ether oxygens (including phenoxy) is 1. The van der Waals surface area contributed by atoms with Crippen molar-refractivity contribution in [3.8, 4) is 0 Å². The second-order valence-corrected chi connectivity index (χ2v) is 5.23. The number of nitrogens with one attached hydrogen (secondary N) is 1. The molecule has 1 aromatic rings. The number of esters is 1. The molecule has 2 unspecified atom stereocenters. The van der Waals surface area contributed by atoms with Crippen molar-refractivity contribution in [1.29, 1.82) is 0 Å². The summed E-state index contributed by atoms with van der Waals surface area (Å²) in [6.07, 6.45) is 2.03. The van der Waals surface area contributed by atoms with Crippen LogP contribution >= 0.6 is 0 Å². The summed E-state index contributed by atoms with van der Waals surface area (Å²) in [7, 11) is 1.92. The molecule has 1 N–H and O–H groups in total. The van der Waals surface area contributed by atoms with Crippen molar-refractivity contribution in [2.45, 2.75) is 32.9 Å². The molecule has 0 aliphatic carbocycles. The fourth-order valence-electron chi connectivity index (χ4n) is 2.85. The normalized spacial score (nSPS) is 21.7. The zero-order valence-corrected chi connectivity index (χ0v) is 12.7. The lowest BCUT2D eigenvalue weighted by molar-refractivity contribution is -0.151. The summed E-state index contributed by atoms with van der Waals surface area (Å²) in [6.45, 7) is 8.76. The zero-order valence-electron chi connectivity index (χ0n) is 12.7. The lowest BCUT2D eigenvalue weighted by Crippen LogP contribution is -2.56. The van der Waals surface area contributed by atoms with Crippen molar-refractivity contribution < 1.29 is 9.53 Å². The molecule has 2 atom stereocenters. The Kier molecular flexibility index (Phi) is 4.77. The molecule has 0 radical (unpaired) electrons. The van der Waals surface area contributed by atoms with Gasteiger partial charge in [-0.05, 0) is 20.8 Å². The molecule has 1 fully saturated rings. The molecule has 2 rings (SSSR count). The molecule has 1 saturated heterocycles. The fourth-order valence-corrected chi connectivity index (χ4v) is 2.85. The number of hydrogen-bond acceptors (Lipinski definition) is 5. The van der Waals surface area contributed by atoms with Crippen molar-refractivity contribution in [3.05, 3.63) is 17.5 Å². The lowest BCUT2D eigenvalue weighted by atomic mass is 10.0. The second-order valence-electron chi connectivity index (χ2n) is 5.23. The van der Waals surface area contributed by atoms with E-state index in [1.165, 1.54) is 5.56 Å². The predicted molar refractivity (Wildman–Crippen MR) is 76.4 cm³/mol. The number of hydrogen-bond donors (Lipinski definition) is 1. The highest BCUT2D eigenvalue weighted by atomic mass is 16.5. The minimum absolute atomic E-state index is 0.145. The van der Waals surface area contributed by atoms with E-state index in [2.05, 4.69) is 22.2 Å². The highest BCUT2D eigenvalue weighted by Gasteiger charge is 2.34. The molecule has 0 spiro atoms. The Bertz CT molecular complexity index is 472. The third-order valence-corrected chi connectivity index (χ3v) is 3.84. The van der Waals surface area contributed by atoms with E-state index < -0.39 is 0 Å². The number of piperazine rings is 1. The van der Waals surface area contributed by atoms with Crippen LogP contribution < -0.4 is 5.32 Å². The minimum atomic E-state index is -0.224. The van der Waals surface area contributed by atoms with Gasteiger partial charge >= 0.3 is 5.97 Å². The average molecular weight is 280 g/mol. The van der Waals surface area contributed by atoms with Gasteiger partial charge in [-0.1, -0.05) is 0 Å². The third kappa shape index (κ3) is 3.02. The number of carbonyl (C=O) groups excluding carboxylic acids is 1. The topological polar surface area (TPSA) is 59.4 Å². The van der Waals surface area contributed by atoms with Crippen LogP contribution in [0.25, 0.3) is 0 Å². The van der Waals surface area contributed by atoms with Crippen LogP contribution in [-0.2, 0) is 16.6 Å². The Morgan fingerprint density at radius 3 is 3.00 bits per heavy atom. The van der Waals surface area contributed by atoms with Crippen LogP contribution in [0.15, 0.2) is 6.20 Å². The van der Waals surface area contributed by atoms with Gasteiger partial charge in [0, 0.05) is 44.5 Å². The maximum Gasteiger partial charge on any atom is 0.324 e. The molecule has 2 heterocycles. The van der Waals surface area contributed by atoms with Gasteiger partial charge in [-0.25, -0.2) is 0 Å². The maximum atomic E-state index is 12.1. The van der Waals surface area contributed by atoms with E-state index in [0.717, 1.165) is 18.8 Å². The summed E-state index contributed by atoms with van der Waals surface area (Å²) in [5, 5.41) is 7.66. The van der Waals surface area contributed by atoms with Gasteiger partial charge in [-0.3, -0.25) is 14.4 Å². The van der Waals surface area contributed by atoms with Crippen LogP contribution in [0.5, 0.6) is 0 Å². The van der Waals surface area contributed by atoms with E-state index in [-0.39, 0.29) is 18.1 Å². The smallest absolute Gasteiger partial charge is 0.324 e. The minimum Gasteiger partial charge on any atom is -0.465 e. The van der Waals surface area contributed by atoms with Gasteiger partial charge in [0.1, 0.15) is 6.04 Å². The fraction of sp³-hybridized carbons (Fsp3) is 0.714. The maximum absolute atomic E-state index is 12.1. The summed E-state index contributed by atoms with van der Waals surface area (Å²) in [5.41, 5.74) is 2.19. The van der Waals surface area contributed by atoms with E-state index >= 15 is 0 Å². The molecule has 1 aliphatic heterocycles. The summed E-state index contributed by atoms with van der Waals surface area (Å²) in [6, 6.07) is -0.0708. The highest BCUT2D eigenvalue weighted by Crippen LogP contribution is 2.25. The standard InChI is InChI=1S/C14H24N4O2/c1-5-20-14(19)13-8-15-6-7-18(13)11(3)12-9-17(4)16-10(12)2/h9,11,13,15H,5-8H2,1-4H3. The average Bonchev–Trinajstić information content (AvgIpc) is 2.77. The second kappa shape index (κ2) is 6.37. The Morgan fingerprint density at radius 1 is 1.65 bits per heavy atom. The summed E-state index contributed by atoms with van der Waals surface area (Å²) < 4.78 is 7.01. The van der Waals surface area contributed by atoms with E-state index in [4.69, 9.17) is 4.74 Å². The largest absolute Gasteiger partial charge is 0.465 e. The number of rotatable bonds is 4. The first-order valence-corrected chi connectivity index (χ1v) is 7.17. The Labute approximate surface area is 120 Å².